The van der Waals surface area contributed by atoms with Gasteiger partial charge in [0.1, 0.15) is 0 Å². The molecule has 1 aromatic heterocycles. The minimum Gasteiger partial charge on any atom is -0.387 e. The molecule has 0 fully saturated rings. The van der Waals surface area contributed by atoms with Gasteiger partial charge < -0.3 is 10.6 Å². The monoisotopic (exact) mass is 275 g/mol. The van der Waals surface area contributed by atoms with Crippen LogP contribution in [0.4, 0.5) is 5.69 Å². The fourth-order valence-corrected chi connectivity index (χ4v) is 1.91. The lowest BCUT2D eigenvalue weighted by molar-refractivity contribution is 0.0951. The zero-order chi connectivity index (χ0) is 13.7. The largest absolute Gasteiger partial charge is 0.387 e. The van der Waals surface area contributed by atoms with Gasteiger partial charge in [0.2, 0.25) is 0 Å². The molecule has 1 heterocycles. The van der Waals surface area contributed by atoms with Crippen molar-refractivity contribution in [3.63, 3.8) is 0 Å². The molecular formula is C14H14ClN3O. The Morgan fingerprint density at radius 2 is 2.11 bits per heavy atom. The number of carbonyl (C=O) groups is 1. The van der Waals surface area contributed by atoms with Crippen molar-refractivity contribution in [1.29, 1.82) is 0 Å². The van der Waals surface area contributed by atoms with Gasteiger partial charge in [0, 0.05) is 36.7 Å². The number of aromatic nitrogens is 1. The van der Waals surface area contributed by atoms with E-state index in [1.54, 1.807) is 25.4 Å². The number of benzene rings is 1. The maximum absolute atomic E-state index is 12.1. The van der Waals surface area contributed by atoms with E-state index in [2.05, 4.69) is 15.6 Å². The van der Waals surface area contributed by atoms with Crippen molar-refractivity contribution < 1.29 is 4.79 Å². The molecule has 2 aromatic rings. The number of nitrogens with zero attached hydrogens (tertiary/aromatic N) is 1. The van der Waals surface area contributed by atoms with E-state index in [-0.39, 0.29) is 5.91 Å². The van der Waals surface area contributed by atoms with Crippen LogP contribution in [0.3, 0.4) is 0 Å². The lowest BCUT2D eigenvalue weighted by atomic mass is 10.2. The molecule has 19 heavy (non-hydrogen) atoms. The van der Waals surface area contributed by atoms with Crippen LogP contribution in [0.2, 0.25) is 5.02 Å². The van der Waals surface area contributed by atoms with Gasteiger partial charge in [-0.05, 0) is 17.7 Å². The molecule has 0 saturated carbocycles. The van der Waals surface area contributed by atoms with Gasteiger partial charge in [-0.3, -0.25) is 9.78 Å². The van der Waals surface area contributed by atoms with Crippen LogP contribution < -0.4 is 10.6 Å². The zero-order valence-corrected chi connectivity index (χ0v) is 11.2. The Bertz CT molecular complexity index is 586. The summed E-state index contributed by atoms with van der Waals surface area (Å²) in [5.74, 6) is -0.183. The Balaban J connectivity index is 2.08. The quantitative estimate of drug-likeness (QED) is 0.902. The molecule has 1 amide bonds. The van der Waals surface area contributed by atoms with Gasteiger partial charge in [-0.25, -0.2) is 0 Å². The van der Waals surface area contributed by atoms with E-state index in [9.17, 15) is 4.79 Å². The van der Waals surface area contributed by atoms with Crippen LogP contribution in [0.25, 0.3) is 0 Å². The Hall–Kier alpha value is -2.07. The highest BCUT2D eigenvalue weighted by atomic mass is 35.5. The molecule has 2 rings (SSSR count). The van der Waals surface area contributed by atoms with Gasteiger partial charge >= 0.3 is 0 Å². The molecule has 0 aliphatic heterocycles. The third-order valence-electron chi connectivity index (χ3n) is 2.73. The topological polar surface area (TPSA) is 54.0 Å². The predicted octanol–water partition coefficient (Wildman–Crippen LogP) is 2.71. The normalized spacial score (nSPS) is 10.0. The molecule has 0 aliphatic carbocycles. The number of anilines is 1. The fraction of sp³-hybridized carbons (Fsp3) is 0.143. The zero-order valence-electron chi connectivity index (χ0n) is 10.5. The minimum absolute atomic E-state index is 0.183. The minimum atomic E-state index is -0.183. The molecule has 0 saturated heterocycles. The van der Waals surface area contributed by atoms with Crippen LogP contribution in [-0.2, 0) is 6.54 Å². The molecule has 0 unspecified atom stereocenters. The van der Waals surface area contributed by atoms with Crippen LogP contribution in [0.15, 0.2) is 42.7 Å². The average molecular weight is 276 g/mol. The number of rotatable bonds is 4. The summed E-state index contributed by atoms with van der Waals surface area (Å²) < 4.78 is 0. The molecule has 1 aromatic carbocycles. The molecule has 0 atom stereocenters. The average Bonchev–Trinajstić information content (AvgIpc) is 2.46. The first-order valence-corrected chi connectivity index (χ1v) is 6.23. The first-order chi connectivity index (χ1) is 9.22. The standard InChI is InChI=1S/C14H14ClN3O/c1-16-13-6-7-17-9-11(13)14(19)18-8-10-4-2-3-5-12(10)15/h2-7,9H,8H2,1H3,(H,16,17)(H,18,19). The van der Waals surface area contributed by atoms with Crippen molar-refractivity contribution in [2.24, 2.45) is 0 Å². The number of amides is 1. The molecule has 98 valence electrons. The number of halogens is 1. The maximum atomic E-state index is 12.1. The summed E-state index contributed by atoms with van der Waals surface area (Å²) in [5, 5.41) is 6.43. The molecule has 4 nitrogen and oxygen atoms in total. The maximum Gasteiger partial charge on any atom is 0.255 e. The summed E-state index contributed by atoms with van der Waals surface area (Å²) in [6.07, 6.45) is 3.17. The predicted molar refractivity (Wildman–Crippen MR) is 76.4 cm³/mol. The Morgan fingerprint density at radius 1 is 1.32 bits per heavy atom. The van der Waals surface area contributed by atoms with Crippen LogP contribution in [-0.4, -0.2) is 17.9 Å². The van der Waals surface area contributed by atoms with Gasteiger partial charge in [0.15, 0.2) is 0 Å². The molecular weight excluding hydrogens is 262 g/mol. The van der Waals surface area contributed by atoms with E-state index < -0.39 is 0 Å². The number of pyridine rings is 1. The van der Waals surface area contributed by atoms with Gasteiger partial charge in [-0.15, -0.1) is 0 Å². The smallest absolute Gasteiger partial charge is 0.255 e. The first kappa shape index (κ1) is 13.4. The van der Waals surface area contributed by atoms with Crippen LogP contribution >= 0.6 is 11.6 Å². The number of carbonyl (C=O) groups excluding carboxylic acids is 1. The number of nitrogens with one attached hydrogen (secondary N) is 2. The first-order valence-electron chi connectivity index (χ1n) is 5.85. The summed E-state index contributed by atoms with van der Waals surface area (Å²) in [4.78, 5) is 16.0. The van der Waals surface area contributed by atoms with Crippen molar-refractivity contribution in [2.75, 3.05) is 12.4 Å². The summed E-state index contributed by atoms with van der Waals surface area (Å²) in [6, 6.07) is 9.17. The second kappa shape index (κ2) is 6.20. The number of hydrogen-bond acceptors (Lipinski definition) is 3. The molecule has 5 heteroatoms. The van der Waals surface area contributed by atoms with Crippen LogP contribution in [0.5, 0.6) is 0 Å². The fourth-order valence-electron chi connectivity index (χ4n) is 1.71. The summed E-state index contributed by atoms with van der Waals surface area (Å²) in [6.45, 7) is 0.385. The summed E-state index contributed by atoms with van der Waals surface area (Å²) in [5.41, 5.74) is 2.14. The third-order valence-corrected chi connectivity index (χ3v) is 3.10. The van der Waals surface area contributed by atoms with Crippen molar-refractivity contribution in [2.45, 2.75) is 6.54 Å². The lowest BCUT2D eigenvalue weighted by Gasteiger charge is -2.09. The van der Waals surface area contributed by atoms with E-state index in [0.29, 0.717) is 17.1 Å². The highest BCUT2D eigenvalue weighted by Gasteiger charge is 2.10. The Labute approximate surface area is 116 Å². The van der Waals surface area contributed by atoms with E-state index in [4.69, 9.17) is 11.6 Å². The van der Waals surface area contributed by atoms with Crippen LogP contribution in [0, 0.1) is 0 Å². The Kier molecular flexibility index (Phi) is 4.36. The third kappa shape index (κ3) is 3.23. The second-order valence-corrected chi connectivity index (χ2v) is 4.35. The number of hydrogen-bond donors (Lipinski definition) is 2. The van der Waals surface area contributed by atoms with E-state index in [1.807, 2.05) is 18.2 Å². The van der Waals surface area contributed by atoms with Gasteiger partial charge in [-0.1, -0.05) is 29.8 Å². The molecule has 0 bridgehead atoms. The van der Waals surface area contributed by atoms with Crippen molar-refractivity contribution in [3.05, 3.63) is 58.9 Å². The highest BCUT2D eigenvalue weighted by Crippen LogP contribution is 2.16. The van der Waals surface area contributed by atoms with E-state index in [1.165, 1.54) is 6.20 Å². The summed E-state index contributed by atoms with van der Waals surface area (Å²) >= 11 is 6.04. The van der Waals surface area contributed by atoms with Crippen molar-refractivity contribution in [1.82, 2.24) is 10.3 Å². The molecule has 0 spiro atoms. The van der Waals surface area contributed by atoms with Crippen molar-refractivity contribution >= 4 is 23.2 Å². The van der Waals surface area contributed by atoms with E-state index in [0.717, 1.165) is 11.3 Å². The molecule has 0 aliphatic rings. The van der Waals surface area contributed by atoms with Gasteiger partial charge in [0.25, 0.3) is 5.91 Å². The van der Waals surface area contributed by atoms with Gasteiger partial charge in [-0.2, -0.15) is 0 Å². The lowest BCUT2D eigenvalue weighted by Crippen LogP contribution is -2.24. The van der Waals surface area contributed by atoms with E-state index >= 15 is 0 Å². The van der Waals surface area contributed by atoms with Gasteiger partial charge in [0.05, 0.1) is 5.56 Å². The van der Waals surface area contributed by atoms with Crippen LogP contribution in [0.1, 0.15) is 15.9 Å². The molecule has 0 radical (unpaired) electrons. The van der Waals surface area contributed by atoms with Crippen molar-refractivity contribution in [3.8, 4) is 0 Å². The molecule has 2 N–H and O–H groups in total. The summed E-state index contributed by atoms with van der Waals surface area (Å²) in [7, 11) is 1.76. The second-order valence-electron chi connectivity index (χ2n) is 3.95. The Morgan fingerprint density at radius 3 is 2.84 bits per heavy atom. The highest BCUT2D eigenvalue weighted by molar-refractivity contribution is 6.31. The SMILES string of the molecule is CNc1ccncc1C(=O)NCc1ccccc1Cl.